The molecule has 1 heterocycles. The molecule has 2 heteroatoms. The highest BCUT2D eigenvalue weighted by Crippen LogP contribution is 2.28. The highest BCUT2D eigenvalue weighted by molar-refractivity contribution is 5.51. The molecule has 1 aliphatic rings. The van der Waals surface area contributed by atoms with Gasteiger partial charge in [0.05, 0.1) is 0 Å². The van der Waals surface area contributed by atoms with Gasteiger partial charge in [-0.25, -0.2) is 0 Å². The molecule has 0 aliphatic heterocycles. The summed E-state index contributed by atoms with van der Waals surface area (Å²) in [6, 6.07) is 12.8. The number of nitrogens with zero attached hydrogens (tertiary/aromatic N) is 1. The Labute approximate surface area is 121 Å². The van der Waals surface area contributed by atoms with Crippen LogP contribution in [0, 0.1) is 11.8 Å². The first-order valence-electron chi connectivity index (χ1n) is 7.78. The lowest BCUT2D eigenvalue weighted by atomic mass is 9.83. The summed E-state index contributed by atoms with van der Waals surface area (Å²) >= 11 is 0. The van der Waals surface area contributed by atoms with E-state index in [0.717, 1.165) is 18.4 Å². The first-order valence-corrected chi connectivity index (χ1v) is 7.78. The Morgan fingerprint density at radius 2 is 1.80 bits per heavy atom. The zero-order valence-electron chi connectivity index (χ0n) is 12.3. The average Bonchev–Trinajstić information content (AvgIpc) is 3.01. The predicted octanol–water partition coefficient (Wildman–Crippen LogP) is 4.72. The Morgan fingerprint density at radius 1 is 1.05 bits per heavy atom. The Kier molecular flexibility index (Phi) is 4.10. The smallest absolute Gasteiger partial charge is 0.0469 e. The molecule has 0 spiro atoms. The Balaban J connectivity index is 1.59. The van der Waals surface area contributed by atoms with Gasteiger partial charge in [-0.15, -0.1) is 0 Å². The third kappa shape index (κ3) is 3.24. The van der Waals surface area contributed by atoms with Gasteiger partial charge < -0.3 is 9.88 Å². The van der Waals surface area contributed by atoms with E-state index in [1.807, 2.05) is 0 Å². The summed E-state index contributed by atoms with van der Waals surface area (Å²) in [7, 11) is 0. The average molecular weight is 268 g/mol. The molecule has 1 N–H and O–H groups in total. The third-order valence-corrected chi connectivity index (χ3v) is 4.48. The van der Waals surface area contributed by atoms with Crippen LogP contribution in [0.15, 0.2) is 48.8 Å². The quantitative estimate of drug-likeness (QED) is 0.849. The lowest BCUT2D eigenvalue weighted by molar-refractivity contribution is 0.300. The molecule has 2 aromatic rings. The molecule has 1 saturated carbocycles. The molecule has 0 bridgehead atoms. The van der Waals surface area contributed by atoms with Gasteiger partial charge >= 0.3 is 0 Å². The maximum Gasteiger partial charge on any atom is 0.0469 e. The van der Waals surface area contributed by atoms with E-state index < -0.39 is 0 Å². The van der Waals surface area contributed by atoms with E-state index in [4.69, 9.17) is 0 Å². The van der Waals surface area contributed by atoms with Gasteiger partial charge in [0.15, 0.2) is 0 Å². The summed E-state index contributed by atoms with van der Waals surface area (Å²) < 4.78 is 2.15. The minimum atomic E-state index is 0.849. The van der Waals surface area contributed by atoms with Crippen molar-refractivity contribution in [3.05, 3.63) is 48.8 Å². The van der Waals surface area contributed by atoms with Gasteiger partial charge in [-0.1, -0.05) is 25.8 Å². The predicted molar refractivity (Wildman–Crippen MR) is 85.4 cm³/mol. The van der Waals surface area contributed by atoms with Crippen LogP contribution in [0.4, 0.5) is 5.69 Å². The van der Waals surface area contributed by atoms with E-state index in [1.54, 1.807) is 0 Å². The van der Waals surface area contributed by atoms with Gasteiger partial charge in [0.1, 0.15) is 0 Å². The maximum atomic E-state index is 3.62. The van der Waals surface area contributed by atoms with Crippen molar-refractivity contribution in [1.29, 1.82) is 0 Å². The van der Waals surface area contributed by atoms with Crippen molar-refractivity contribution in [3.8, 4) is 5.69 Å². The van der Waals surface area contributed by atoms with Gasteiger partial charge in [0.2, 0.25) is 0 Å². The van der Waals surface area contributed by atoms with Crippen LogP contribution >= 0.6 is 0 Å². The molecular formula is C18H24N2. The molecule has 0 amide bonds. The van der Waals surface area contributed by atoms with Crippen LogP contribution in [0.25, 0.3) is 5.69 Å². The first kappa shape index (κ1) is 13.3. The number of anilines is 1. The second-order valence-electron chi connectivity index (χ2n) is 6.15. The fourth-order valence-corrected chi connectivity index (χ4v) is 3.08. The van der Waals surface area contributed by atoms with Crippen molar-refractivity contribution >= 4 is 5.69 Å². The van der Waals surface area contributed by atoms with Gasteiger partial charge in [-0.3, -0.25) is 0 Å². The second-order valence-corrected chi connectivity index (χ2v) is 6.15. The molecule has 3 rings (SSSR count). The summed E-state index contributed by atoms with van der Waals surface area (Å²) in [5.74, 6) is 1.78. The minimum Gasteiger partial charge on any atom is -0.385 e. The number of benzene rings is 1. The zero-order chi connectivity index (χ0) is 13.8. The Hall–Kier alpha value is -1.70. The highest BCUT2D eigenvalue weighted by Gasteiger charge is 2.17. The SMILES string of the molecule is CC1CCC(CNc2cccc(-n3cccc3)c2)CC1. The van der Waals surface area contributed by atoms with Gasteiger partial charge in [-0.2, -0.15) is 0 Å². The molecule has 0 atom stereocenters. The lowest BCUT2D eigenvalue weighted by Gasteiger charge is -2.26. The van der Waals surface area contributed by atoms with Crippen molar-refractivity contribution in [2.45, 2.75) is 32.6 Å². The monoisotopic (exact) mass is 268 g/mol. The van der Waals surface area contributed by atoms with Crippen molar-refractivity contribution in [2.24, 2.45) is 11.8 Å². The number of rotatable bonds is 4. The molecule has 106 valence electrons. The Bertz CT molecular complexity index is 522. The molecular weight excluding hydrogens is 244 g/mol. The minimum absolute atomic E-state index is 0.849. The summed E-state index contributed by atoms with van der Waals surface area (Å²) in [5, 5.41) is 3.62. The Morgan fingerprint density at radius 3 is 2.55 bits per heavy atom. The molecule has 1 aromatic carbocycles. The van der Waals surface area contributed by atoms with E-state index in [-0.39, 0.29) is 0 Å². The van der Waals surface area contributed by atoms with Gasteiger partial charge in [-0.05, 0) is 55.0 Å². The number of hydrogen-bond donors (Lipinski definition) is 1. The molecule has 1 aromatic heterocycles. The second kappa shape index (κ2) is 6.17. The number of aromatic nitrogens is 1. The van der Waals surface area contributed by atoms with Crippen molar-refractivity contribution in [1.82, 2.24) is 4.57 Å². The third-order valence-electron chi connectivity index (χ3n) is 4.48. The largest absolute Gasteiger partial charge is 0.385 e. The summed E-state index contributed by atoms with van der Waals surface area (Å²) in [6.07, 6.45) is 9.73. The van der Waals surface area contributed by atoms with E-state index in [1.165, 1.54) is 37.1 Å². The van der Waals surface area contributed by atoms with Crippen LogP contribution < -0.4 is 5.32 Å². The fourth-order valence-electron chi connectivity index (χ4n) is 3.08. The van der Waals surface area contributed by atoms with Crippen LogP contribution in [0.1, 0.15) is 32.6 Å². The molecule has 0 radical (unpaired) electrons. The number of hydrogen-bond acceptors (Lipinski definition) is 1. The highest BCUT2D eigenvalue weighted by atomic mass is 14.9. The molecule has 20 heavy (non-hydrogen) atoms. The molecule has 2 nitrogen and oxygen atoms in total. The van der Waals surface area contributed by atoms with Gasteiger partial charge in [0, 0.05) is 30.3 Å². The zero-order valence-corrected chi connectivity index (χ0v) is 12.3. The topological polar surface area (TPSA) is 17.0 Å². The normalized spacial score (nSPS) is 22.6. The van der Waals surface area contributed by atoms with E-state index in [9.17, 15) is 0 Å². The van der Waals surface area contributed by atoms with E-state index in [0.29, 0.717) is 0 Å². The van der Waals surface area contributed by atoms with E-state index in [2.05, 4.69) is 65.6 Å². The van der Waals surface area contributed by atoms with Crippen LogP contribution in [0.2, 0.25) is 0 Å². The first-order chi connectivity index (χ1) is 9.81. The molecule has 0 unspecified atom stereocenters. The van der Waals surface area contributed by atoms with Gasteiger partial charge in [0.25, 0.3) is 0 Å². The molecule has 0 saturated heterocycles. The summed E-state index contributed by atoms with van der Waals surface area (Å²) in [4.78, 5) is 0. The van der Waals surface area contributed by atoms with Crippen molar-refractivity contribution < 1.29 is 0 Å². The van der Waals surface area contributed by atoms with E-state index >= 15 is 0 Å². The van der Waals surface area contributed by atoms with Crippen LogP contribution in [0.3, 0.4) is 0 Å². The summed E-state index contributed by atoms with van der Waals surface area (Å²) in [5.41, 5.74) is 2.45. The van der Waals surface area contributed by atoms with Crippen molar-refractivity contribution in [3.63, 3.8) is 0 Å². The summed E-state index contributed by atoms with van der Waals surface area (Å²) in [6.45, 7) is 3.49. The van der Waals surface area contributed by atoms with Crippen LogP contribution in [-0.4, -0.2) is 11.1 Å². The lowest BCUT2D eigenvalue weighted by Crippen LogP contribution is -2.20. The standard InChI is InChI=1S/C18H24N2/c1-15-7-9-16(10-8-15)14-19-17-5-4-6-18(13-17)20-11-2-3-12-20/h2-6,11-13,15-16,19H,7-10,14H2,1H3. The van der Waals surface area contributed by atoms with Crippen LogP contribution in [0.5, 0.6) is 0 Å². The maximum absolute atomic E-state index is 3.62. The molecule has 1 aliphatic carbocycles. The van der Waals surface area contributed by atoms with Crippen molar-refractivity contribution in [2.75, 3.05) is 11.9 Å². The number of nitrogens with one attached hydrogen (secondary N) is 1. The van der Waals surface area contributed by atoms with Crippen LogP contribution in [-0.2, 0) is 0 Å². The molecule has 1 fully saturated rings. The fraction of sp³-hybridized carbons (Fsp3) is 0.444.